The third kappa shape index (κ3) is 4.88. The number of thioether (sulfide) groups is 1. The Morgan fingerprint density at radius 1 is 1.03 bits per heavy atom. The van der Waals surface area contributed by atoms with Crippen LogP contribution in [0.3, 0.4) is 0 Å². The highest BCUT2D eigenvalue weighted by Gasteiger charge is 2.19. The summed E-state index contributed by atoms with van der Waals surface area (Å²) in [5, 5.41) is 11.7. The molecule has 0 spiro atoms. The molecule has 0 radical (unpaired) electrons. The lowest BCUT2D eigenvalue weighted by molar-refractivity contribution is -0.123. The molecule has 1 atom stereocenters. The van der Waals surface area contributed by atoms with Crippen molar-refractivity contribution in [2.45, 2.75) is 39.0 Å². The molecule has 1 N–H and O–H groups in total. The minimum atomic E-state index is -0.929. The van der Waals surface area contributed by atoms with Crippen LogP contribution in [-0.4, -0.2) is 39.0 Å². The molecule has 156 valence electrons. The van der Waals surface area contributed by atoms with Crippen LogP contribution in [0.5, 0.6) is 0 Å². The van der Waals surface area contributed by atoms with Crippen LogP contribution in [0.2, 0.25) is 0 Å². The largest absolute Gasteiger partial charge is 0.449 e. The van der Waals surface area contributed by atoms with Gasteiger partial charge in [0.2, 0.25) is 0 Å². The zero-order valence-corrected chi connectivity index (χ0v) is 18.4. The molecule has 0 saturated heterocycles. The first kappa shape index (κ1) is 21.6. The Labute approximate surface area is 179 Å². The summed E-state index contributed by atoms with van der Waals surface area (Å²) >= 11 is 1.49. The number of carbonyl (C=O) groups is 2. The van der Waals surface area contributed by atoms with E-state index in [0.29, 0.717) is 11.3 Å². The number of benzene rings is 2. The SMILES string of the molecule is CSc1nnc(C)n1-c1ccc(C(=O)OC(C)C(=O)Nc2cc(C)cc(C)c2)cc1. The molecule has 0 aliphatic heterocycles. The number of carbonyl (C=O) groups excluding carboxylic acids is 2. The monoisotopic (exact) mass is 424 g/mol. The Kier molecular flexibility index (Phi) is 6.56. The maximum Gasteiger partial charge on any atom is 0.338 e. The van der Waals surface area contributed by atoms with Gasteiger partial charge in [-0.25, -0.2) is 4.79 Å². The molecular formula is C22H24N4O3S. The minimum absolute atomic E-state index is 0.362. The molecule has 3 rings (SSSR count). The number of nitrogens with one attached hydrogen (secondary N) is 1. The second-order valence-electron chi connectivity index (χ2n) is 7.03. The lowest BCUT2D eigenvalue weighted by atomic mass is 10.1. The maximum absolute atomic E-state index is 12.5. The first-order valence-corrected chi connectivity index (χ1v) is 10.7. The average Bonchev–Trinajstić information content (AvgIpc) is 3.07. The fourth-order valence-corrected chi connectivity index (χ4v) is 3.63. The number of hydrogen-bond acceptors (Lipinski definition) is 6. The third-order valence-electron chi connectivity index (χ3n) is 4.48. The first-order valence-electron chi connectivity index (χ1n) is 9.45. The normalized spacial score (nSPS) is 11.8. The van der Waals surface area contributed by atoms with Crippen LogP contribution >= 0.6 is 11.8 Å². The van der Waals surface area contributed by atoms with Crippen LogP contribution in [0.15, 0.2) is 47.6 Å². The van der Waals surface area contributed by atoms with E-state index in [2.05, 4.69) is 15.5 Å². The van der Waals surface area contributed by atoms with Crippen LogP contribution in [0.4, 0.5) is 5.69 Å². The average molecular weight is 425 g/mol. The van der Waals surface area contributed by atoms with Crippen molar-refractivity contribution in [2.24, 2.45) is 0 Å². The molecule has 1 unspecified atom stereocenters. The van der Waals surface area contributed by atoms with Crippen LogP contribution in [0, 0.1) is 20.8 Å². The number of nitrogens with zero attached hydrogens (tertiary/aromatic N) is 3. The summed E-state index contributed by atoms with van der Waals surface area (Å²) in [4.78, 5) is 24.9. The van der Waals surface area contributed by atoms with E-state index in [0.717, 1.165) is 27.8 Å². The lowest BCUT2D eigenvalue weighted by Crippen LogP contribution is -2.30. The van der Waals surface area contributed by atoms with Gasteiger partial charge in [0.25, 0.3) is 5.91 Å². The second kappa shape index (κ2) is 9.13. The van der Waals surface area contributed by atoms with Crippen molar-refractivity contribution >= 4 is 29.3 Å². The molecule has 3 aromatic rings. The predicted octanol–water partition coefficient (Wildman–Crippen LogP) is 4.10. The molecular weight excluding hydrogens is 400 g/mol. The molecule has 1 heterocycles. The van der Waals surface area contributed by atoms with Gasteiger partial charge in [0.15, 0.2) is 11.3 Å². The van der Waals surface area contributed by atoms with E-state index < -0.39 is 12.1 Å². The summed E-state index contributed by atoms with van der Waals surface area (Å²) in [5.41, 5.74) is 3.98. The van der Waals surface area contributed by atoms with Crippen LogP contribution in [0.1, 0.15) is 34.2 Å². The predicted molar refractivity (Wildman–Crippen MR) is 117 cm³/mol. The highest BCUT2D eigenvalue weighted by molar-refractivity contribution is 7.98. The van der Waals surface area contributed by atoms with Crippen molar-refractivity contribution in [2.75, 3.05) is 11.6 Å². The van der Waals surface area contributed by atoms with Crippen LogP contribution in [0.25, 0.3) is 5.69 Å². The van der Waals surface area contributed by atoms with Gasteiger partial charge in [0.1, 0.15) is 5.82 Å². The number of rotatable bonds is 6. The van der Waals surface area contributed by atoms with E-state index >= 15 is 0 Å². The van der Waals surface area contributed by atoms with Crippen LogP contribution < -0.4 is 5.32 Å². The van der Waals surface area contributed by atoms with Crippen LogP contribution in [-0.2, 0) is 9.53 Å². The Hall–Kier alpha value is -3.13. The van der Waals surface area contributed by atoms with E-state index in [1.807, 2.05) is 49.8 Å². The second-order valence-corrected chi connectivity index (χ2v) is 7.80. The van der Waals surface area contributed by atoms with E-state index in [9.17, 15) is 9.59 Å². The minimum Gasteiger partial charge on any atom is -0.449 e. The van der Waals surface area contributed by atoms with Gasteiger partial charge in [-0.1, -0.05) is 17.8 Å². The van der Waals surface area contributed by atoms with Gasteiger partial charge in [0.05, 0.1) is 5.56 Å². The van der Waals surface area contributed by atoms with Gasteiger partial charge in [0, 0.05) is 11.4 Å². The number of esters is 1. The van der Waals surface area contributed by atoms with Crippen molar-refractivity contribution in [3.05, 3.63) is 65.0 Å². The summed E-state index contributed by atoms with van der Waals surface area (Å²) in [6.07, 6.45) is 0.997. The Balaban J connectivity index is 1.66. The summed E-state index contributed by atoms with van der Waals surface area (Å²) in [5.74, 6) is -0.184. The van der Waals surface area contributed by atoms with Gasteiger partial charge >= 0.3 is 5.97 Å². The van der Waals surface area contributed by atoms with Crippen molar-refractivity contribution in [3.8, 4) is 5.69 Å². The number of amides is 1. The summed E-state index contributed by atoms with van der Waals surface area (Å²) in [7, 11) is 0. The third-order valence-corrected chi connectivity index (χ3v) is 5.11. The maximum atomic E-state index is 12.5. The van der Waals surface area contributed by atoms with Gasteiger partial charge in [-0.3, -0.25) is 9.36 Å². The number of ether oxygens (including phenoxy) is 1. The lowest BCUT2D eigenvalue weighted by Gasteiger charge is -2.14. The zero-order valence-electron chi connectivity index (χ0n) is 17.6. The van der Waals surface area contributed by atoms with Crippen molar-refractivity contribution in [3.63, 3.8) is 0 Å². The number of anilines is 1. The number of aromatic nitrogens is 3. The summed E-state index contributed by atoms with van der Waals surface area (Å²) in [6, 6.07) is 12.7. The van der Waals surface area contributed by atoms with Gasteiger partial charge in [-0.15, -0.1) is 10.2 Å². The van der Waals surface area contributed by atoms with E-state index in [4.69, 9.17) is 4.74 Å². The molecule has 0 bridgehead atoms. The van der Waals surface area contributed by atoms with Gasteiger partial charge in [-0.05, 0) is 81.5 Å². The zero-order chi connectivity index (χ0) is 21.8. The summed E-state index contributed by atoms with van der Waals surface area (Å²) < 4.78 is 7.25. The highest BCUT2D eigenvalue weighted by atomic mass is 32.2. The molecule has 0 saturated carbocycles. The Morgan fingerprint density at radius 3 is 2.27 bits per heavy atom. The van der Waals surface area contributed by atoms with E-state index in [1.165, 1.54) is 11.8 Å². The summed E-state index contributed by atoms with van der Waals surface area (Å²) in [6.45, 7) is 7.33. The topological polar surface area (TPSA) is 86.1 Å². The highest BCUT2D eigenvalue weighted by Crippen LogP contribution is 2.20. The number of hydrogen-bond donors (Lipinski definition) is 1. The molecule has 0 fully saturated rings. The van der Waals surface area contributed by atoms with Crippen molar-refractivity contribution < 1.29 is 14.3 Å². The molecule has 30 heavy (non-hydrogen) atoms. The van der Waals surface area contributed by atoms with Crippen molar-refractivity contribution in [1.82, 2.24) is 14.8 Å². The van der Waals surface area contributed by atoms with Gasteiger partial charge < -0.3 is 10.1 Å². The van der Waals surface area contributed by atoms with Gasteiger partial charge in [-0.2, -0.15) is 0 Å². The molecule has 2 aromatic carbocycles. The molecule has 1 aromatic heterocycles. The standard InChI is InChI=1S/C22H24N4O3S/c1-13-10-14(2)12-18(11-13)23-20(27)15(3)29-21(28)17-6-8-19(9-7-17)26-16(4)24-25-22(26)30-5/h6-12,15H,1-5H3,(H,23,27). The van der Waals surface area contributed by atoms with Crippen molar-refractivity contribution in [1.29, 1.82) is 0 Å². The number of aryl methyl sites for hydroxylation is 3. The van der Waals surface area contributed by atoms with E-state index in [-0.39, 0.29) is 5.91 Å². The fourth-order valence-electron chi connectivity index (χ4n) is 3.09. The smallest absolute Gasteiger partial charge is 0.338 e. The molecule has 0 aliphatic rings. The Bertz CT molecular complexity index is 1060. The quantitative estimate of drug-likeness (QED) is 0.474. The van der Waals surface area contributed by atoms with E-state index in [1.54, 1.807) is 31.2 Å². The molecule has 7 nitrogen and oxygen atoms in total. The first-order chi connectivity index (χ1) is 14.3. The molecule has 8 heteroatoms. The molecule has 1 amide bonds. The molecule has 0 aliphatic carbocycles. The fraction of sp³-hybridized carbons (Fsp3) is 0.273. The Morgan fingerprint density at radius 2 is 1.67 bits per heavy atom.